The number of carboxylic acid groups (broad SMARTS) is 1. The van der Waals surface area contributed by atoms with Gasteiger partial charge in [0.15, 0.2) is 0 Å². The molecule has 0 radical (unpaired) electrons. The zero-order valence-electron chi connectivity index (χ0n) is 12.9. The average Bonchev–Trinajstić information content (AvgIpc) is 3.02. The predicted octanol–water partition coefficient (Wildman–Crippen LogP) is 1.07. The van der Waals surface area contributed by atoms with Crippen molar-refractivity contribution in [1.82, 2.24) is 14.7 Å². The van der Waals surface area contributed by atoms with E-state index in [4.69, 9.17) is 0 Å². The first-order valence-electron chi connectivity index (χ1n) is 8.03. The van der Waals surface area contributed by atoms with Crippen molar-refractivity contribution in [3.63, 3.8) is 0 Å². The lowest BCUT2D eigenvalue weighted by Crippen LogP contribution is -2.60. The molecule has 0 saturated carbocycles. The number of likely N-dealkylation sites (tertiary alicyclic amines) is 1. The molecular weight excluding hydrogens is 270 g/mol. The largest absolute Gasteiger partial charge is 0.481 e. The van der Waals surface area contributed by atoms with Crippen LogP contribution in [-0.2, 0) is 4.79 Å². The number of piperazine rings is 1. The van der Waals surface area contributed by atoms with Crippen LogP contribution in [0.1, 0.15) is 33.1 Å². The van der Waals surface area contributed by atoms with E-state index in [-0.39, 0.29) is 18.1 Å². The highest BCUT2D eigenvalue weighted by molar-refractivity contribution is 5.78. The van der Waals surface area contributed by atoms with Gasteiger partial charge in [0, 0.05) is 37.8 Å². The second-order valence-corrected chi connectivity index (χ2v) is 6.74. The summed E-state index contributed by atoms with van der Waals surface area (Å²) in [6.45, 7) is 7.41. The topological polar surface area (TPSA) is 64.1 Å². The summed E-state index contributed by atoms with van der Waals surface area (Å²) in [5.41, 5.74) is 0. The second kappa shape index (κ2) is 5.48. The molecule has 0 aromatic heterocycles. The minimum atomic E-state index is -0.786. The van der Waals surface area contributed by atoms with E-state index in [0.717, 1.165) is 19.6 Å². The van der Waals surface area contributed by atoms with Gasteiger partial charge in [0.2, 0.25) is 0 Å². The number of hydrogen-bond acceptors (Lipinski definition) is 3. The van der Waals surface area contributed by atoms with Crippen LogP contribution in [0.3, 0.4) is 0 Å². The molecule has 1 N–H and O–H groups in total. The molecule has 6 nitrogen and oxygen atoms in total. The summed E-state index contributed by atoms with van der Waals surface area (Å²) < 4.78 is 0. The quantitative estimate of drug-likeness (QED) is 0.786. The maximum absolute atomic E-state index is 12.8. The van der Waals surface area contributed by atoms with E-state index in [2.05, 4.69) is 11.8 Å². The van der Waals surface area contributed by atoms with Crippen molar-refractivity contribution in [2.45, 2.75) is 51.2 Å². The Hall–Kier alpha value is -1.30. The standard InChI is InChI=1S/C15H25N3O3/c1-10-8-16-6-3-4-12(16)9-18(10)15(21)17-7-5-13(11(17)2)14(19)20/h10-13H,3-9H2,1-2H3,(H,19,20). The first-order chi connectivity index (χ1) is 9.99. The van der Waals surface area contributed by atoms with Gasteiger partial charge < -0.3 is 14.9 Å². The van der Waals surface area contributed by atoms with Crippen LogP contribution in [0.2, 0.25) is 0 Å². The second-order valence-electron chi connectivity index (χ2n) is 6.74. The third-order valence-corrected chi connectivity index (χ3v) is 5.50. The van der Waals surface area contributed by atoms with Gasteiger partial charge in [-0.05, 0) is 39.7 Å². The minimum Gasteiger partial charge on any atom is -0.481 e. The fourth-order valence-electron chi connectivity index (χ4n) is 4.16. The Bertz CT molecular complexity index is 442. The summed E-state index contributed by atoms with van der Waals surface area (Å²) in [6, 6.07) is 0.537. The first kappa shape index (κ1) is 14.6. The third-order valence-electron chi connectivity index (χ3n) is 5.50. The average molecular weight is 295 g/mol. The van der Waals surface area contributed by atoms with Gasteiger partial charge >= 0.3 is 12.0 Å². The highest BCUT2D eigenvalue weighted by atomic mass is 16.4. The van der Waals surface area contributed by atoms with Gasteiger partial charge in [-0.2, -0.15) is 0 Å². The summed E-state index contributed by atoms with van der Waals surface area (Å²) in [6.07, 6.45) is 2.96. The Morgan fingerprint density at radius 3 is 2.48 bits per heavy atom. The predicted molar refractivity (Wildman–Crippen MR) is 78.1 cm³/mol. The molecule has 0 spiro atoms. The van der Waals surface area contributed by atoms with Crippen molar-refractivity contribution in [3.8, 4) is 0 Å². The van der Waals surface area contributed by atoms with Crippen molar-refractivity contribution in [2.24, 2.45) is 5.92 Å². The van der Waals surface area contributed by atoms with Crippen molar-refractivity contribution in [1.29, 1.82) is 0 Å². The lowest BCUT2D eigenvalue weighted by Gasteiger charge is -2.44. The smallest absolute Gasteiger partial charge is 0.320 e. The van der Waals surface area contributed by atoms with Crippen LogP contribution in [0.15, 0.2) is 0 Å². The normalized spacial score (nSPS) is 36.9. The number of aliphatic carboxylic acids is 1. The van der Waals surface area contributed by atoms with Gasteiger partial charge in [-0.25, -0.2) is 4.79 Å². The molecule has 3 fully saturated rings. The van der Waals surface area contributed by atoms with E-state index >= 15 is 0 Å². The molecule has 0 aromatic rings. The fraction of sp³-hybridized carbons (Fsp3) is 0.867. The molecule has 118 valence electrons. The van der Waals surface area contributed by atoms with Gasteiger partial charge in [-0.3, -0.25) is 9.69 Å². The Morgan fingerprint density at radius 2 is 1.81 bits per heavy atom. The summed E-state index contributed by atoms with van der Waals surface area (Å²) in [4.78, 5) is 30.2. The molecule has 0 bridgehead atoms. The first-order valence-corrected chi connectivity index (χ1v) is 8.03. The molecule has 4 unspecified atom stereocenters. The third kappa shape index (κ3) is 2.50. The van der Waals surface area contributed by atoms with E-state index in [1.54, 1.807) is 4.90 Å². The Morgan fingerprint density at radius 1 is 1.05 bits per heavy atom. The van der Waals surface area contributed by atoms with Gasteiger partial charge in [-0.1, -0.05) is 0 Å². The SMILES string of the molecule is CC1CN2CCCC2CN1C(=O)N1CCC(C(=O)O)C1C. The number of urea groups is 1. The molecule has 0 aromatic carbocycles. The summed E-state index contributed by atoms with van der Waals surface area (Å²) in [7, 11) is 0. The van der Waals surface area contributed by atoms with E-state index in [1.807, 2.05) is 11.8 Å². The van der Waals surface area contributed by atoms with Crippen LogP contribution < -0.4 is 0 Å². The lowest BCUT2D eigenvalue weighted by molar-refractivity contribution is -0.142. The molecule has 2 amide bonds. The number of carbonyl (C=O) groups is 2. The molecule has 6 heteroatoms. The number of nitrogens with zero attached hydrogens (tertiary/aromatic N) is 3. The summed E-state index contributed by atoms with van der Waals surface area (Å²) in [5, 5.41) is 9.21. The number of hydrogen-bond donors (Lipinski definition) is 1. The van der Waals surface area contributed by atoms with Gasteiger partial charge in [0.25, 0.3) is 0 Å². The van der Waals surface area contributed by atoms with Gasteiger partial charge in [-0.15, -0.1) is 0 Å². The highest BCUT2D eigenvalue weighted by Crippen LogP contribution is 2.29. The Balaban J connectivity index is 1.69. The monoisotopic (exact) mass is 295 g/mol. The number of carbonyl (C=O) groups excluding carboxylic acids is 1. The molecule has 3 aliphatic rings. The fourth-order valence-corrected chi connectivity index (χ4v) is 4.16. The van der Waals surface area contributed by atoms with Crippen molar-refractivity contribution in [3.05, 3.63) is 0 Å². The van der Waals surface area contributed by atoms with Crippen LogP contribution in [0.25, 0.3) is 0 Å². The summed E-state index contributed by atoms with van der Waals surface area (Å²) in [5.74, 6) is -1.21. The maximum atomic E-state index is 12.8. The van der Waals surface area contributed by atoms with E-state index in [9.17, 15) is 14.7 Å². The molecule has 21 heavy (non-hydrogen) atoms. The number of amides is 2. The molecule has 0 aliphatic carbocycles. The van der Waals surface area contributed by atoms with E-state index in [1.165, 1.54) is 12.8 Å². The Labute approximate surface area is 125 Å². The van der Waals surface area contributed by atoms with Crippen LogP contribution >= 0.6 is 0 Å². The van der Waals surface area contributed by atoms with Crippen molar-refractivity contribution in [2.75, 3.05) is 26.2 Å². The van der Waals surface area contributed by atoms with E-state index in [0.29, 0.717) is 19.0 Å². The van der Waals surface area contributed by atoms with Crippen LogP contribution in [-0.4, -0.2) is 76.1 Å². The molecule has 4 atom stereocenters. The van der Waals surface area contributed by atoms with Crippen LogP contribution in [0.5, 0.6) is 0 Å². The molecule has 3 rings (SSSR count). The molecule has 3 heterocycles. The highest BCUT2D eigenvalue weighted by Gasteiger charge is 2.43. The molecular formula is C15H25N3O3. The van der Waals surface area contributed by atoms with Crippen LogP contribution in [0, 0.1) is 5.92 Å². The van der Waals surface area contributed by atoms with Crippen LogP contribution in [0.4, 0.5) is 4.79 Å². The van der Waals surface area contributed by atoms with Crippen molar-refractivity contribution < 1.29 is 14.7 Å². The number of rotatable bonds is 1. The maximum Gasteiger partial charge on any atom is 0.320 e. The molecule has 3 saturated heterocycles. The number of fused-ring (bicyclic) bond motifs is 1. The molecule has 3 aliphatic heterocycles. The minimum absolute atomic E-state index is 0.0327. The van der Waals surface area contributed by atoms with Gasteiger partial charge in [0.1, 0.15) is 0 Å². The summed E-state index contributed by atoms with van der Waals surface area (Å²) >= 11 is 0. The number of carboxylic acids is 1. The Kier molecular flexibility index (Phi) is 3.82. The van der Waals surface area contributed by atoms with Gasteiger partial charge in [0.05, 0.1) is 5.92 Å². The van der Waals surface area contributed by atoms with Crippen molar-refractivity contribution >= 4 is 12.0 Å². The lowest BCUT2D eigenvalue weighted by atomic mass is 10.0. The van der Waals surface area contributed by atoms with E-state index < -0.39 is 11.9 Å². The zero-order valence-corrected chi connectivity index (χ0v) is 12.9. The zero-order chi connectivity index (χ0) is 15.1.